The fourth-order valence-corrected chi connectivity index (χ4v) is 4.64. The standard InChI is InChI=1S/C30H32N6O/c1-22-27-10-11-33-29(27)9-8-28(22)34-30-24(20-32-21-25(30)19-31)7-6-23-4-3-5-26(18-23)37-17-16-36-14-12-35(2)13-15-36/h3-11,18,20-21,33H,12-17H2,1-2H3,(H,32,34). The average Bonchev–Trinajstić information content (AvgIpc) is 3.41. The monoisotopic (exact) mass is 492 g/mol. The quantitative estimate of drug-likeness (QED) is 0.348. The van der Waals surface area contributed by atoms with Crippen LogP contribution in [0.15, 0.2) is 61.1 Å². The molecule has 1 saturated heterocycles. The fourth-order valence-electron chi connectivity index (χ4n) is 4.64. The summed E-state index contributed by atoms with van der Waals surface area (Å²) in [6.45, 7) is 8.09. The minimum atomic E-state index is 0.497. The van der Waals surface area contributed by atoms with Crippen molar-refractivity contribution in [2.24, 2.45) is 0 Å². The van der Waals surface area contributed by atoms with Gasteiger partial charge in [0.05, 0.1) is 11.3 Å². The molecule has 0 bridgehead atoms. The Morgan fingerprint density at radius 3 is 2.81 bits per heavy atom. The molecule has 0 aliphatic carbocycles. The number of hydrogen-bond acceptors (Lipinski definition) is 6. The Morgan fingerprint density at radius 2 is 1.97 bits per heavy atom. The molecule has 3 heterocycles. The second-order valence-corrected chi connectivity index (χ2v) is 9.46. The number of pyridine rings is 1. The zero-order chi connectivity index (χ0) is 25.6. The highest BCUT2D eigenvalue weighted by Gasteiger charge is 2.13. The van der Waals surface area contributed by atoms with E-state index in [1.807, 2.05) is 54.7 Å². The average molecular weight is 493 g/mol. The van der Waals surface area contributed by atoms with Gasteiger partial charge in [-0.2, -0.15) is 5.26 Å². The Hall–Kier alpha value is -4.12. The van der Waals surface area contributed by atoms with Gasteiger partial charge in [0.15, 0.2) is 0 Å². The van der Waals surface area contributed by atoms with E-state index in [1.54, 1.807) is 12.4 Å². The van der Waals surface area contributed by atoms with E-state index in [1.165, 1.54) is 0 Å². The fraction of sp³-hybridized carbons (Fsp3) is 0.267. The summed E-state index contributed by atoms with van der Waals surface area (Å²) in [5.41, 5.74) is 6.27. The first kappa shape index (κ1) is 24.6. The van der Waals surface area contributed by atoms with E-state index in [2.05, 4.69) is 51.2 Å². The number of piperazine rings is 1. The van der Waals surface area contributed by atoms with Gasteiger partial charge < -0.3 is 19.9 Å². The normalized spacial score (nSPS) is 14.7. The molecule has 4 aromatic rings. The van der Waals surface area contributed by atoms with Crippen LogP contribution < -0.4 is 10.1 Å². The highest BCUT2D eigenvalue weighted by molar-refractivity contribution is 5.90. The number of H-pyrrole nitrogens is 1. The third kappa shape index (κ3) is 5.83. The van der Waals surface area contributed by atoms with Crippen LogP contribution in [0.3, 0.4) is 0 Å². The Bertz CT molecular complexity index is 1440. The lowest BCUT2D eigenvalue weighted by molar-refractivity contribution is 0.134. The van der Waals surface area contributed by atoms with Crippen molar-refractivity contribution in [3.8, 4) is 11.8 Å². The van der Waals surface area contributed by atoms with Crippen molar-refractivity contribution < 1.29 is 4.74 Å². The molecule has 1 aliphatic rings. The number of fused-ring (bicyclic) bond motifs is 1. The number of aryl methyl sites for hydroxylation is 1. The molecular formula is C30H32N6O. The maximum Gasteiger partial charge on any atom is 0.119 e. The topological polar surface area (TPSA) is 80.2 Å². The van der Waals surface area contributed by atoms with Crippen LogP contribution in [0, 0.1) is 18.3 Å². The van der Waals surface area contributed by atoms with Gasteiger partial charge in [-0.05, 0) is 55.4 Å². The molecule has 0 spiro atoms. The maximum absolute atomic E-state index is 9.76. The molecule has 2 aromatic heterocycles. The van der Waals surface area contributed by atoms with Crippen LogP contribution in [-0.2, 0) is 0 Å². The number of rotatable bonds is 8. The van der Waals surface area contributed by atoms with Gasteiger partial charge in [0, 0.05) is 73.5 Å². The molecule has 0 radical (unpaired) electrons. The van der Waals surface area contributed by atoms with Gasteiger partial charge in [-0.3, -0.25) is 9.88 Å². The van der Waals surface area contributed by atoms with Crippen LogP contribution in [0.5, 0.6) is 5.75 Å². The summed E-state index contributed by atoms with van der Waals surface area (Å²) in [6.07, 6.45) is 9.33. The summed E-state index contributed by atoms with van der Waals surface area (Å²) in [4.78, 5) is 12.3. The third-order valence-corrected chi connectivity index (χ3v) is 6.94. The first-order valence-electron chi connectivity index (χ1n) is 12.6. The van der Waals surface area contributed by atoms with Gasteiger partial charge in [-0.1, -0.05) is 24.3 Å². The van der Waals surface area contributed by atoms with Crippen molar-refractivity contribution in [1.82, 2.24) is 19.8 Å². The minimum Gasteiger partial charge on any atom is -0.492 e. The number of nitrogens with zero attached hydrogens (tertiary/aromatic N) is 4. The molecule has 7 nitrogen and oxygen atoms in total. The van der Waals surface area contributed by atoms with Crippen LogP contribution in [0.1, 0.15) is 22.3 Å². The number of aromatic nitrogens is 2. The van der Waals surface area contributed by atoms with Crippen molar-refractivity contribution >= 4 is 34.4 Å². The number of nitrogens with one attached hydrogen (secondary N) is 2. The first-order valence-corrected chi connectivity index (χ1v) is 12.6. The maximum atomic E-state index is 9.76. The van der Waals surface area contributed by atoms with E-state index in [9.17, 15) is 5.26 Å². The second-order valence-electron chi connectivity index (χ2n) is 9.46. The van der Waals surface area contributed by atoms with E-state index in [-0.39, 0.29) is 0 Å². The summed E-state index contributed by atoms with van der Waals surface area (Å²) < 4.78 is 6.05. The minimum absolute atomic E-state index is 0.497. The summed E-state index contributed by atoms with van der Waals surface area (Å²) in [7, 11) is 2.17. The van der Waals surface area contributed by atoms with E-state index >= 15 is 0 Å². The van der Waals surface area contributed by atoms with Crippen molar-refractivity contribution in [1.29, 1.82) is 5.26 Å². The molecule has 0 atom stereocenters. The van der Waals surface area contributed by atoms with E-state index < -0.39 is 0 Å². The van der Waals surface area contributed by atoms with Gasteiger partial charge in [-0.15, -0.1) is 0 Å². The molecule has 0 unspecified atom stereocenters. The second kappa shape index (κ2) is 11.3. The molecule has 0 saturated carbocycles. The van der Waals surface area contributed by atoms with Crippen LogP contribution in [0.4, 0.5) is 11.4 Å². The highest BCUT2D eigenvalue weighted by atomic mass is 16.5. The van der Waals surface area contributed by atoms with Gasteiger partial charge >= 0.3 is 0 Å². The molecule has 2 N–H and O–H groups in total. The molecule has 2 aromatic carbocycles. The Kier molecular flexibility index (Phi) is 7.50. The lowest BCUT2D eigenvalue weighted by atomic mass is 10.1. The highest BCUT2D eigenvalue weighted by Crippen LogP contribution is 2.31. The van der Waals surface area contributed by atoms with Crippen molar-refractivity contribution in [3.05, 3.63) is 83.3 Å². The van der Waals surface area contributed by atoms with E-state index in [0.29, 0.717) is 12.2 Å². The lowest BCUT2D eigenvalue weighted by Gasteiger charge is -2.32. The number of aromatic amines is 1. The van der Waals surface area contributed by atoms with E-state index in [4.69, 9.17) is 4.74 Å². The van der Waals surface area contributed by atoms with Crippen molar-refractivity contribution in [2.75, 3.05) is 51.7 Å². The summed E-state index contributed by atoms with van der Waals surface area (Å²) in [5.74, 6) is 0.856. The molecule has 5 rings (SSSR count). The van der Waals surface area contributed by atoms with Gasteiger partial charge in [0.25, 0.3) is 0 Å². The summed E-state index contributed by atoms with van der Waals surface area (Å²) in [5, 5.41) is 14.4. The Labute approximate surface area is 218 Å². The molecular weight excluding hydrogens is 460 g/mol. The molecule has 7 heteroatoms. The number of benzene rings is 2. The van der Waals surface area contributed by atoms with Gasteiger partial charge in [0.1, 0.15) is 18.4 Å². The largest absolute Gasteiger partial charge is 0.492 e. The molecule has 1 fully saturated rings. The number of hydrogen-bond donors (Lipinski definition) is 2. The zero-order valence-electron chi connectivity index (χ0n) is 21.4. The third-order valence-electron chi connectivity index (χ3n) is 6.94. The number of anilines is 2. The van der Waals surface area contributed by atoms with Gasteiger partial charge in [0.2, 0.25) is 0 Å². The summed E-state index contributed by atoms with van der Waals surface area (Å²) in [6, 6.07) is 16.5. The first-order chi connectivity index (χ1) is 18.1. The molecule has 1 aliphatic heterocycles. The van der Waals surface area contributed by atoms with Crippen LogP contribution in [0.25, 0.3) is 23.1 Å². The summed E-state index contributed by atoms with van der Waals surface area (Å²) >= 11 is 0. The number of nitriles is 1. The van der Waals surface area contributed by atoms with Gasteiger partial charge in [-0.25, -0.2) is 0 Å². The Morgan fingerprint density at radius 1 is 1.11 bits per heavy atom. The van der Waals surface area contributed by atoms with Crippen molar-refractivity contribution in [2.45, 2.75) is 6.92 Å². The predicted molar refractivity (Wildman–Crippen MR) is 150 cm³/mol. The predicted octanol–water partition coefficient (Wildman–Crippen LogP) is 5.28. The molecule has 0 amide bonds. The smallest absolute Gasteiger partial charge is 0.119 e. The lowest BCUT2D eigenvalue weighted by Crippen LogP contribution is -2.45. The Balaban J connectivity index is 1.30. The SMILES string of the molecule is Cc1c(Nc2c(C#N)cncc2C=Cc2cccc(OCCN3CCN(C)CC3)c2)ccc2[nH]ccc12. The van der Waals surface area contributed by atoms with Crippen LogP contribution in [-0.4, -0.2) is 66.1 Å². The van der Waals surface area contributed by atoms with Crippen LogP contribution >= 0.6 is 0 Å². The molecule has 37 heavy (non-hydrogen) atoms. The zero-order valence-corrected chi connectivity index (χ0v) is 21.4. The number of ether oxygens (including phenoxy) is 1. The van der Waals surface area contributed by atoms with Crippen LogP contribution in [0.2, 0.25) is 0 Å². The number of likely N-dealkylation sites (N-methyl/N-ethyl adjacent to an activating group) is 1. The van der Waals surface area contributed by atoms with Crippen molar-refractivity contribution in [3.63, 3.8) is 0 Å². The van der Waals surface area contributed by atoms with E-state index in [0.717, 1.165) is 77.4 Å². The molecule has 188 valence electrons.